The summed E-state index contributed by atoms with van der Waals surface area (Å²) in [5, 5.41) is 0. The maximum Gasteiger partial charge on any atom is 0.0463 e. The molecule has 0 aromatic heterocycles. The average Bonchev–Trinajstić information content (AvgIpc) is 3.50. The third-order valence-corrected chi connectivity index (χ3v) is 13.8. The van der Waals surface area contributed by atoms with Crippen LogP contribution < -0.4 is 19.6 Å². The van der Waals surface area contributed by atoms with Gasteiger partial charge in [-0.15, -0.1) is 0 Å². The molecule has 12 aromatic rings. The molecule has 0 atom stereocenters. The van der Waals surface area contributed by atoms with Crippen LogP contribution in [0.5, 0.6) is 0 Å². The van der Waals surface area contributed by atoms with Gasteiger partial charge in [0.05, 0.1) is 0 Å². The summed E-state index contributed by atoms with van der Waals surface area (Å²) in [6.45, 7) is 0. The summed E-state index contributed by atoms with van der Waals surface area (Å²) < 4.78 is 0. The number of para-hydroxylation sites is 6. The molecule has 0 saturated heterocycles. The van der Waals surface area contributed by atoms with E-state index in [-0.39, 0.29) is 0 Å². The molecule has 4 nitrogen and oxygen atoms in total. The second-order valence-electron chi connectivity index (χ2n) is 18.6. The summed E-state index contributed by atoms with van der Waals surface area (Å²) in [5.74, 6) is 0. The molecule has 0 amide bonds. The van der Waals surface area contributed by atoms with Crippen LogP contribution in [0.4, 0.5) is 68.2 Å². The van der Waals surface area contributed by atoms with Gasteiger partial charge < -0.3 is 19.6 Å². The fraction of sp³-hybridized carbons (Fsp3) is 0. The molecule has 0 bridgehead atoms. The lowest BCUT2D eigenvalue weighted by molar-refractivity contribution is 1.26. The van der Waals surface area contributed by atoms with Crippen molar-refractivity contribution in [3.8, 4) is 33.4 Å². The van der Waals surface area contributed by atoms with Crippen LogP contribution in [0.25, 0.3) is 33.4 Å². The van der Waals surface area contributed by atoms with E-state index in [9.17, 15) is 0 Å². The normalized spacial score (nSPS) is 10.9. The number of benzene rings is 12. The first-order valence-corrected chi connectivity index (χ1v) is 25.8. The Labute approximate surface area is 446 Å². The van der Waals surface area contributed by atoms with Crippen molar-refractivity contribution in [3.63, 3.8) is 0 Å². The molecule has 0 spiro atoms. The molecular weight excluding hydrogens is 921 g/mol. The molecule has 0 fully saturated rings. The molecule has 0 N–H and O–H groups in total. The molecule has 0 unspecified atom stereocenters. The molecule has 0 heterocycles. The lowest BCUT2D eigenvalue weighted by Crippen LogP contribution is -2.12. The lowest BCUT2D eigenvalue weighted by atomic mass is 9.93. The first-order chi connectivity index (χ1) is 37.7. The molecule has 362 valence electrons. The van der Waals surface area contributed by atoms with Gasteiger partial charge >= 0.3 is 0 Å². The van der Waals surface area contributed by atoms with Gasteiger partial charge in [-0.05, 0) is 197 Å². The van der Waals surface area contributed by atoms with E-state index < -0.39 is 0 Å². The van der Waals surface area contributed by atoms with Gasteiger partial charge in [0.15, 0.2) is 0 Å². The highest BCUT2D eigenvalue weighted by atomic mass is 15.2. The van der Waals surface area contributed by atoms with Crippen LogP contribution in [-0.2, 0) is 0 Å². The molecule has 0 aliphatic carbocycles. The van der Waals surface area contributed by atoms with Gasteiger partial charge in [-0.1, -0.05) is 164 Å². The van der Waals surface area contributed by atoms with Crippen LogP contribution in [0.3, 0.4) is 0 Å². The smallest absolute Gasteiger partial charge is 0.0463 e. The van der Waals surface area contributed by atoms with Crippen molar-refractivity contribution in [1.29, 1.82) is 0 Å². The number of anilines is 12. The fourth-order valence-corrected chi connectivity index (χ4v) is 10.1. The van der Waals surface area contributed by atoms with E-state index in [1.54, 1.807) is 0 Å². The molecule has 12 aromatic carbocycles. The van der Waals surface area contributed by atoms with Gasteiger partial charge in [-0.3, -0.25) is 0 Å². The fourth-order valence-electron chi connectivity index (χ4n) is 10.1. The Morgan fingerprint density at radius 1 is 0.118 bits per heavy atom. The summed E-state index contributed by atoms with van der Waals surface area (Å²) in [6, 6.07) is 117. The highest BCUT2D eigenvalue weighted by Crippen LogP contribution is 2.43. The van der Waals surface area contributed by atoms with Crippen molar-refractivity contribution >= 4 is 68.2 Å². The zero-order valence-corrected chi connectivity index (χ0v) is 42.0. The van der Waals surface area contributed by atoms with E-state index in [4.69, 9.17) is 0 Å². The van der Waals surface area contributed by atoms with Crippen molar-refractivity contribution < 1.29 is 0 Å². The number of hydrogen-bond donors (Lipinski definition) is 0. The Bertz CT molecular complexity index is 3440. The summed E-state index contributed by atoms with van der Waals surface area (Å²) >= 11 is 0. The first-order valence-electron chi connectivity index (χ1n) is 25.8. The molecule has 4 heteroatoms. The molecule has 0 aliphatic heterocycles. The van der Waals surface area contributed by atoms with E-state index in [0.717, 1.165) is 90.5 Å². The van der Waals surface area contributed by atoms with Crippen LogP contribution in [0.1, 0.15) is 0 Å². The zero-order valence-electron chi connectivity index (χ0n) is 42.0. The highest BCUT2D eigenvalue weighted by molar-refractivity contribution is 5.87. The molecule has 0 aliphatic rings. The predicted octanol–water partition coefficient (Wildman–Crippen LogP) is 20.6. The SMILES string of the molecule is c1ccc(-c2cc(-c3ccc(N(c4ccccc4)c4ccc(N(c5ccccc5)c5ccccc5)cc4)cc3)cc(-c3ccc(N(c4ccccc4)c4ccc(N(c5ccccc5)c5ccccc5)cc4)cc3)c2)cc1. The number of hydrogen-bond acceptors (Lipinski definition) is 4. The summed E-state index contributed by atoms with van der Waals surface area (Å²) in [6.07, 6.45) is 0. The van der Waals surface area contributed by atoms with Crippen LogP contribution in [0.15, 0.2) is 328 Å². The standard InChI is InChI=1S/C72H54N4/c1-8-22-55(23-9-1)58-52-59(56-36-40-67(41-37-56)75(65-32-18-6-19-33-65)71-48-44-69(45-49-71)73(61-24-10-2-11-25-61)62-26-12-3-13-27-62)54-60(53-58)57-38-42-68(43-39-57)76(66-34-20-7-21-35-66)72-50-46-70(47-51-72)74(63-28-14-4-15-29-63)64-30-16-5-17-31-64/h1-54H. The minimum absolute atomic E-state index is 1.07. The first kappa shape index (κ1) is 46.9. The van der Waals surface area contributed by atoms with E-state index in [1.165, 1.54) is 11.1 Å². The second-order valence-corrected chi connectivity index (χ2v) is 18.6. The van der Waals surface area contributed by atoms with Crippen molar-refractivity contribution in [2.75, 3.05) is 19.6 Å². The average molecular weight is 975 g/mol. The van der Waals surface area contributed by atoms with E-state index in [0.29, 0.717) is 0 Å². The molecule has 12 rings (SSSR count). The molecule has 0 saturated carbocycles. The van der Waals surface area contributed by atoms with Crippen LogP contribution in [-0.4, -0.2) is 0 Å². The zero-order chi connectivity index (χ0) is 50.9. The van der Waals surface area contributed by atoms with E-state index in [1.807, 2.05) is 0 Å². The van der Waals surface area contributed by atoms with Crippen LogP contribution in [0.2, 0.25) is 0 Å². The third kappa shape index (κ3) is 10.1. The topological polar surface area (TPSA) is 13.0 Å². The van der Waals surface area contributed by atoms with Crippen LogP contribution in [0, 0.1) is 0 Å². The van der Waals surface area contributed by atoms with Crippen molar-refractivity contribution in [1.82, 2.24) is 0 Å². The van der Waals surface area contributed by atoms with Crippen molar-refractivity contribution in [2.24, 2.45) is 0 Å². The quantitative estimate of drug-likeness (QED) is 0.101. The number of rotatable bonds is 15. The van der Waals surface area contributed by atoms with Crippen molar-refractivity contribution in [2.45, 2.75) is 0 Å². The monoisotopic (exact) mass is 974 g/mol. The Morgan fingerprint density at radius 3 is 0.461 bits per heavy atom. The Morgan fingerprint density at radius 2 is 0.263 bits per heavy atom. The van der Waals surface area contributed by atoms with Gasteiger partial charge in [0.25, 0.3) is 0 Å². The lowest BCUT2D eigenvalue weighted by Gasteiger charge is -2.28. The van der Waals surface area contributed by atoms with Crippen LogP contribution >= 0.6 is 0 Å². The maximum absolute atomic E-state index is 2.33. The van der Waals surface area contributed by atoms with Gasteiger partial charge in [-0.25, -0.2) is 0 Å². The van der Waals surface area contributed by atoms with Gasteiger partial charge in [0.1, 0.15) is 0 Å². The van der Waals surface area contributed by atoms with Crippen molar-refractivity contribution in [3.05, 3.63) is 328 Å². The Hall–Kier alpha value is -10.2. The summed E-state index contributed by atoms with van der Waals surface area (Å²) in [7, 11) is 0. The van der Waals surface area contributed by atoms with E-state index >= 15 is 0 Å². The minimum atomic E-state index is 1.07. The predicted molar refractivity (Wildman–Crippen MR) is 321 cm³/mol. The maximum atomic E-state index is 2.33. The Balaban J connectivity index is 0.868. The Kier molecular flexibility index (Phi) is 13.5. The van der Waals surface area contributed by atoms with Gasteiger partial charge in [0.2, 0.25) is 0 Å². The largest absolute Gasteiger partial charge is 0.311 e. The summed E-state index contributed by atoms with van der Waals surface area (Å²) in [5.41, 5.74) is 20.0. The molecule has 76 heavy (non-hydrogen) atoms. The third-order valence-electron chi connectivity index (χ3n) is 13.8. The summed E-state index contributed by atoms with van der Waals surface area (Å²) in [4.78, 5) is 9.24. The highest BCUT2D eigenvalue weighted by Gasteiger charge is 2.19. The number of nitrogens with zero attached hydrogens (tertiary/aromatic N) is 4. The van der Waals surface area contributed by atoms with E-state index in [2.05, 4.69) is 347 Å². The second kappa shape index (κ2) is 21.9. The van der Waals surface area contributed by atoms with Gasteiger partial charge in [-0.2, -0.15) is 0 Å². The molecular formula is C72H54N4. The van der Waals surface area contributed by atoms with Gasteiger partial charge in [0, 0.05) is 68.2 Å². The molecule has 0 radical (unpaired) electrons. The minimum Gasteiger partial charge on any atom is -0.311 e.